The van der Waals surface area contributed by atoms with Gasteiger partial charge in [-0.3, -0.25) is 10.1 Å². The Kier molecular flexibility index (Phi) is 4.08. The van der Waals surface area contributed by atoms with Crippen molar-refractivity contribution in [3.05, 3.63) is 50.5 Å². The van der Waals surface area contributed by atoms with Gasteiger partial charge in [-0.1, -0.05) is 12.1 Å². The predicted molar refractivity (Wildman–Crippen MR) is 71.3 cm³/mol. The lowest BCUT2D eigenvalue weighted by molar-refractivity contribution is -0.385. The van der Waals surface area contributed by atoms with Crippen LogP contribution in [0.4, 0.5) is 5.69 Å². The summed E-state index contributed by atoms with van der Waals surface area (Å²) < 4.78 is 6.27. The van der Waals surface area contributed by atoms with Gasteiger partial charge in [0.05, 0.1) is 18.6 Å². The van der Waals surface area contributed by atoms with Crippen molar-refractivity contribution in [2.24, 2.45) is 0 Å². The Balaban J connectivity index is 2.26. The molecule has 0 aliphatic carbocycles. The summed E-state index contributed by atoms with van der Waals surface area (Å²) in [5.41, 5.74) is 0.622. The largest absolute Gasteiger partial charge is 0.463 e. The molecule has 0 spiro atoms. The second kappa shape index (κ2) is 5.78. The molecule has 20 heavy (non-hydrogen) atoms. The Labute approximate surface area is 121 Å². The molecule has 0 N–H and O–H groups in total. The number of benzene rings is 1. The average molecular weight is 341 g/mol. The second-order valence-corrected chi connectivity index (χ2v) is 4.56. The number of hydrogen-bond donors (Lipinski definition) is 0. The number of carbonyl (C=O) groups excluding carboxylic acids is 1. The van der Waals surface area contributed by atoms with E-state index in [1.807, 2.05) is 0 Å². The molecule has 0 aliphatic heterocycles. The first kappa shape index (κ1) is 14.1. The normalized spacial score (nSPS) is 10.3. The van der Waals surface area contributed by atoms with Gasteiger partial charge in [-0.2, -0.15) is 0 Å². The van der Waals surface area contributed by atoms with Crippen molar-refractivity contribution in [1.29, 1.82) is 0 Å². The van der Waals surface area contributed by atoms with Crippen molar-refractivity contribution >= 4 is 27.6 Å². The van der Waals surface area contributed by atoms with Gasteiger partial charge in [0.1, 0.15) is 10.8 Å². The molecule has 0 fully saturated rings. The van der Waals surface area contributed by atoms with E-state index in [0.29, 0.717) is 10.0 Å². The minimum Gasteiger partial charge on any atom is -0.463 e. The van der Waals surface area contributed by atoms with E-state index in [-0.39, 0.29) is 18.1 Å². The van der Waals surface area contributed by atoms with Gasteiger partial charge in [-0.15, -0.1) is 5.10 Å². The van der Waals surface area contributed by atoms with E-state index in [1.165, 1.54) is 24.2 Å². The van der Waals surface area contributed by atoms with Gasteiger partial charge in [0.2, 0.25) is 0 Å². The van der Waals surface area contributed by atoms with E-state index in [0.717, 1.165) is 0 Å². The second-order valence-electron chi connectivity index (χ2n) is 3.76. The highest BCUT2D eigenvalue weighted by Gasteiger charge is 2.16. The van der Waals surface area contributed by atoms with E-state index in [9.17, 15) is 14.9 Å². The molecule has 1 aromatic carbocycles. The number of nitro groups is 1. The van der Waals surface area contributed by atoms with Crippen LogP contribution in [0.2, 0.25) is 0 Å². The molecule has 9 heteroatoms. The molecule has 0 unspecified atom stereocenters. The molecule has 1 aromatic heterocycles. The highest BCUT2D eigenvalue weighted by Crippen LogP contribution is 2.28. The summed E-state index contributed by atoms with van der Waals surface area (Å²) in [7, 11) is 1.24. The van der Waals surface area contributed by atoms with Crippen molar-refractivity contribution in [2.75, 3.05) is 7.11 Å². The first-order valence-electron chi connectivity index (χ1n) is 5.42. The van der Waals surface area contributed by atoms with Gasteiger partial charge in [-0.25, -0.2) is 14.5 Å². The number of aromatic nitrogens is 3. The predicted octanol–water partition coefficient (Wildman–Crippen LogP) is 1.78. The number of esters is 1. The third-order valence-corrected chi connectivity index (χ3v) is 3.41. The van der Waals surface area contributed by atoms with E-state index in [4.69, 9.17) is 0 Å². The smallest absolute Gasteiger partial charge is 0.377 e. The van der Waals surface area contributed by atoms with Gasteiger partial charge in [0, 0.05) is 6.07 Å². The number of nitro benzene ring substituents is 1. The van der Waals surface area contributed by atoms with Crippen LogP contribution in [0.3, 0.4) is 0 Å². The maximum absolute atomic E-state index is 11.2. The summed E-state index contributed by atoms with van der Waals surface area (Å²) in [6, 6.07) is 4.70. The van der Waals surface area contributed by atoms with Crippen molar-refractivity contribution in [2.45, 2.75) is 6.54 Å². The third kappa shape index (κ3) is 2.82. The van der Waals surface area contributed by atoms with Gasteiger partial charge >= 0.3 is 5.97 Å². The Morgan fingerprint density at radius 1 is 1.55 bits per heavy atom. The highest BCUT2D eigenvalue weighted by atomic mass is 79.9. The summed E-state index contributed by atoms with van der Waals surface area (Å²) in [4.78, 5) is 25.4. The van der Waals surface area contributed by atoms with Crippen LogP contribution in [-0.4, -0.2) is 32.8 Å². The molecule has 2 rings (SSSR count). The SMILES string of the molecule is COC(=O)c1ncn(Cc2cccc([N+](=O)[O-])c2Br)n1. The molecule has 8 nitrogen and oxygen atoms in total. The zero-order valence-electron chi connectivity index (χ0n) is 10.3. The number of ether oxygens (including phenoxy) is 1. The van der Waals surface area contributed by atoms with E-state index in [1.54, 1.807) is 12.1 Å². The molecular weight excluding hydrogens is 332 g/mol. The van der Waals surface area contributed by atoms with Gasteiger partial charge in [0.15, 0.2) is 0 Å². The van der Waals surface area contributed by atoms with Crippen LogP contribution in [0.1, 0.15) is 16.2 Å². The van der Waals surface area contributed by atoms with Crippen molar-refractivity contribution in [3.8, 4) is 0 Å². The minimum atomic E-state index is -0.637. The zero-order valence-corrected chi connectivity index (χ0v) is 11.9. The van der Waals surface area contributed by atoms with Crippen molar-refractivity contribution in [1.82, 2.24) is 14.8 Å². The Morgan fingerprint density at radius 2 is 2.30 bits per heavy atom. The van der Waals surface area contributed by atoms with Crippen LogP contribution in [0.15, 0.2) is 29.0 Å². The number of halogens is 1. The van der Waals surface area contributed by atoms with E-state index >= 15 is 0 Å². The van der Waals surface area contributed by atoms with Gasteiger partial charge in [0.25, 0.3) is 11.5 Å². The van der Waals surface area contributed by atoms with Crippen molar-refractivity contribution < 1.29 is 14.5 Å². The monoisotopic (exact) mass is 340 g/mol. The lowest BCUT2D eigenvalue weighted by Gasteiger charge is -2.04. The zero-order chi connectivity index (χ0) is 14.7. The first-order chi connectivity index (χ1) is 9.52. The summed E-state index contributed by atoms with van der Waals surface area (Å²) in [6.45, 7) is 0.242. The minimum absolute atomic E-state index is 0.0317. The molecule has 0 saturated heterocycles. The topological polar surface area (TPSA) is 100 Å². The number of carbonyl (C=O) groups is 1. The molecule has 0 atom stereocenters. The van der Waals surface area contributed by atoms with Crippen LogP contribution >= 0.6 is 15.9 Å². The molecule has 2 aromatic rings. The summed E-state index contributed by atoms with van der Waals surface area (Å²) in [6.07, 6.45) is 1.36. The quantitative estimate of drug-likeness (QED) is 0.477. The van der Waals surface area contributed by atoms with Crippen molar-refractivity contribution in [3.63, 3.8) is 0 Å². The summed E-state index contributed by atoms with van der Waals surface area (Å²) in [5, 5.41) is 14.8. The molecule has 104 valence electrons. The van der Waals surface area contributed by atoms with E-state index < -0.39 is 10.9 Å². The van der Waals surface area contributed by atoms with Crippen LogP contribution in [0, 0.1) is 10.1 Å². The highest BCUT2D eigenvalue weighted by molar-refractivity contribution is 9.10. The average Bonchev–Trinajstić information content (AvgIpc) is 2.88. The number of hydrogen-bond acceptors (Lipinski definition) is 6. The van der Waals surface area contributed by atoms with Crippen LogP contribution in [0.25, 0.3) is 0 Å². The molecule has 1 heterocycles. The molecule has 0 radical (unpaired) electrons. The number of methoxy groups -OCH3 is 1. The maximum Gasteiger partial charge on any atom is 0.377 e. The molecule has 0 aliphatic rings. The fraction of sp³-hybridized carbons (Fsp3) is 0.182. The lowest BCUT2D eigenvalue weighted by Crippen LogP contribution is -2.07. The number of nitrogens with zero attached hydrogens (tertiary/aromatic N) is 4. The molecule has 0 saturated carbocycles. The maximum atomic E-state index is 11.2. The Hall–Kier alpha value is -2.29. The summed E-state index contributed by atoms with van der Waals surface area (Å²) in [5.74, 6) is -0.698. The lowest BCUT2D eigenvalue weighted by atomic mass is 10.2. The van der Waals surface area contributed by atoms with Crippen LogP contribution in [0.5, 0.6) is 0 Å². The standard InChI is InChI=1S/C11H9BrN4O4/c1-20-11(17)10-13-6-15(14-10)5-7-3-2-4-8(9(7)12)16(18)19/h2-4,6H,5H2,1H3. The first-order valence-corrected chi connectivity index (χ1v) is 6.21. The van der Waals surface area contributed by atoms with Gasteiger partial charge < -0.3 is 4.74 Å². The van der Waals surface area contributed by atoms with Crippen LogP contribution in [-0.2, 0) is 11.3 Å². The van der Waals surface area contributed by atoms with E-state index in [2.05, 4.69) is 30.7 Å². The Morgan fingerprint density at radius 3 is 2.95 bits per heavy atom. The summed E-state index contributed by atoms with van der Waals surface area (Å²) >= 11 is 3.19. The molecule has 0 bridgehead atoms. The fourth-order valence-electron chi connectivity index (χ4n) is 1.56. The molecule has 0 amide bonds. The molecular formula is C11H9BrN4O4. The van der Waals surface area contributed by atoms with Gasteiger partial charge in [-0.05, 0) is 21.5 Å². The third-order valence-electron chi connectivity index (χ3n) is 2.49. The number of rotatable bonds is 4. The fourth-order valence-corrected chi connectivity index (χ4v) is 2.09. The van der Waals surface area contributed by atoms with Crippen LogP contribution < -0.4 is 0 Å². The Bertz CT molecular complexity index is 670.